The van der Waals surface area contributed by atoms with Crippen LogP contribution in [0.15, 0.2) is 0 Å². The highest BCUT2D eigenvalue weighted by Gasteiger charge is 2.42. The van der Waals surface area contributed by atoms with Crippen LogP contribution in [0.2, 0.25) is 0 Å². The van der Waals surface area contributed by atoms with Crippen molar-refractivity contribution >= 4 is 5.97 Å². The van der Waals surface area contributed by atoms with Gasteiger partial charge in [0.15, 0.2) is 0 Å². The quantitative estimate of drug-likeness (QED) is 0.366. The van der Waals surface area contributed by atoms with Crippen LogP contribution in [-0.2, 0) is 19.6 Å². The zero-order valence-corrected chi connectivity index (χ0v) is 6.94. The second-order valence-electron chi connectivity index (χ2n) is 2.72. The molecule has 0 amide bonds. The highest BCUT2D eigenvalue weighted by molar-refractivity contribution is 5.73. The van der Waals surface area contributed by atoms with Crippen molar-refractivity contribution in [2.45, 2.75) is 24.4 Å². The highest BCUT2D eigenvalue weighted by Crippen LogP contribution is 2.16. The summed E-state index contributed by atoms with van der Waals surface area (Å²) in [6.45, 7) is -0.645. The van der Waals surface area contributed by atoms with Gasteiger partial charge >= 0.3 is 5.97 Å². The summed E-state index contributed by atoms with van der Waals surface area (Å²) < 4.78 is 0. The largest absolute Gasteiger partial charge is 0.479 e. The van der Waals surface area contributed by atoms with Gasteiger partial charge in [0.05, 0.1) is 6.61 Å². The molecule has 0 radical (unpaired) electrons. The zero-order chi connectivity index (χ0) is 10.7. The zero-order valence-electron chi connectivity index (χ0n) is 6.94. The van der Waals surface area contributed by atoms with Gasteiger partial charge in [-0.15, -0.1) is 0 Å². The molecule has 0 aromatic carbocycles. The maximum Gasteiger partial charge on any atom is 0.339 e. The van der Waals surface area contributed by atoms with Crippen LogP contribution in [-0.4, -0.2) is 57.4 Å². The molecule has 1 aliphatic heterocycles. The molecule has 14 heavy (non-hydrogen) atoms. The summed E-state index contributed by atoms with van der Waals surface area (Å²) in [5.74, 6) is -1.52. The summed E-state index contributed by atoms with van der Waals surface area (Å²) in [4.78, 5) is 18.9. The minimum absolute atomic E-state index is 0.645. The molecule has 1 heterocycles. The molecule has 8 nitrogen and oxygen atoms in total. The molecule has 0 bridgehead atoms. The predicted octanol–water partition coefficient (Wildman–Crippen LogP) is -2.58. The van der Waals surface area contributed by atoms with E-state index in [2.05, 4.69) is 14.8 Å². The molecule has 0 aliphatic carbocycles. The van der Waals surface area contributed by atoms with Gasteiger partial charge in [0, 0.05) is 0 Å². The van der Waals surface area contributed by atoms with Gasteiger partial charge in [0.2, 0.25) is 6.10 Å². The summed E-state index contributed by atoms with van der Waals surface area (Å²) in [5.41, 5.74) is 0. The number of carboxylic acids is 1. The lowest BCUT2D eigenvalue weighted by molar-refractivity contribution is -0.530. The molecule has 1 fully saturated rings. The molecule has 0 spiro atoms. The average molecular weight is 210 g/mol. The Hall–Kier alpha value is -0.770. The summed E-state index contributed by atoms with van der Waals surface area (Å²) in [7, 11) is 0. The maximum absolute atomic E-state index is 10.5. The van der Waals surface area contributed by atoms with E-state index in [1.54, 1.807) is 0 Å². The lowest BCUT2D eigenvalue weighted by atomic mass is 10.0. The van der Waals surface area contributed by atoms with Crippen LogP contribution in [0, 0.1) is 0 Å². The second-order valence-corrected chi connectivity index (χ2v) is 2.72. The summed E-state index contributed by atoms with van der Waals surface area (Å²) >= 11 is 0. The Bertz CT molecular complexity index is 206. The van der Waals surface area contributed by atoms with Crippen LogP contribution in [0.5, 0.6) is 0 Å². The first-order valence-electron chi connectivity index (χ1n) is 3.76. The van der Waals surface area contributed by atoms with Crippen molar-refractivity contribution in [3.63, 3.8) is 0 Å². The Morgan fingerprint density at radius 1 is 1.21 bits per heavy atom. The lowest BCUT2D eigenvalue weighted by Gasteiger charge is -2.20. The van der Waals surface area contributed by atoms with Crippen LogP contribution in [0.1, 0.15) is 0 Å². The Morgan fingerprint density at radius 3 is 2.36 bits per heavy atom. The molecule has 8 heteroatoms. The van der Waals surface area contributed by atoms with E-state index in [1.165, 1.54) is 0 Å². The Balaban J connectivity index is 2.73. The molecule has 1 saturated heterocycles. The Kier molecular flexibility index (Phi) is 3.75. The fourth-order valence-electron chi connectivity index (χ4n) is 0.954. The SMILES string of the molecule is O=C(O)[C@@H]1OOO[C@H](CO)[C@@H](O)[C@@H]1O. The van der Waals surface area contributed by atoms with Crippen LogP contribution in [0.4, 0.5) is 0 Å². The van der Waals surface area contributed by atoms with Crippen LogP contribution >= 0.6 is 0 Å². The number of aliphatic carboxylic acids is 1. The molecule has 4 atom stereocenters. The molecule has 0 unspecified atom stereocenters. The highest BCUT2D eigenvalue weighted by atomic mass is 17.5. The lowest BCUT2D eigenvalue weighted by Crippen LogP contribution is -2.47. The first kappa shape index (κ1) is 11.3. The number of aliphatic hydroxyl groups is 3. The van der Waals surface area contributed by atoms with Gasteiger partial charge in [-0.25, -0.2) is 4.79 Å². The van der Waals surface area contributed by atoms with Crippen molar-refractivity contribution in [2.24, 2.45) is 0 Å². The van der Waals surface area contributed by atoms with Crippen molar-refractivity contribution in [1.29, 1.82) is 0 Å². The first-order chi connectivity index (χ1) is 6.57. The van der Waals surface area contributed by atoms with E-state index in [0.29, 0.717) is 0 Å². The number of rotatable bonds is 2. The topological polar surface area (TPSA) is 126 Å². The number of aliphatic hydroxyl groups excluding tert-OH is 3. The first-order valence-corrected chi connectivity index (χ1v) is 3.76. The number of hydrogen-bond acceptors (Lipinski definition) is 7. The van der Waals surface area contributed by atoms with Crippen LogP contribution in [0.3, 0.4) is 0 Å². The Morgan fingerprint density at radius 2 is 1.86 bits per heavy atom. The van der Waals surface area contributed by atoms with E-state index in [0.717, 1.165) is 0 Å². The van der Waals surface area contributed by atoms with Crippen LogP contribution < -0.4 is 0 Å². The van der Waals surface area contributed by atoms with Crippen molar-refractivity contribution in [1.82, 2.24) is 0 Å². The molecule has 0 aromatic heterocycles. The Labute approximate surface area is 78.1 Å². The van der Waals surface area contributed by atoms with Crippen LogP contribution in [0.25, 0.3) is 0 Å². The van der Waals surface area contributed by atoms with Crippen molar-refractivity contribution in [3.8, 4) is 0 Å². The van der Waals surface area contributed by atoms with Crippen molar-refractivity contribution < 1.29 is 40.0 Å². The van der Waals surface area contributed by atoms with E-state index in [1.807, 2.05) is 0 Å². The van der Waals surface area contributed by atoms with E-state index in [9.17, 15) is 15.0 Å². The standard InChI is InChI=1S/C6H10O8/c7-1-2-3(8)4(9)5(6(10)11)13-14-12-2/h2-5,7-9H,1H2,(H,10,11)/t2-,3-,4+,5-/m1/s1. The van der Waals surface area contributed by atoms with Gasteiger partial charge in [-0.05, 0) is 0 Å². The summed E-state index contributed by atoms with van der Waals surface area (Å²) in [5, 5.41) is 39.7. The molecule has 1 aliphatic rings. The van der Waals surface area contributed by atoms with Gasteiger partial charge in [-0.2, -0.15) is 9.78 Å². The normalized spacial score (nSPS) is 39.1. The number of carbonyl (C=O) groups is 1. The van der Waals surface area contributed by atoms with E-state index >= 15 is 0 Å². The van der Waals surface area contributed by atoms with Gasteiger partial charge in [-0.3, -0.25) is 0 Å². The second kappa shape index (κ2) is 4.64. The predicted molar refractivity (Wildman–Crippen MR) is 37.6 cm³/mol. The molecular formula is C6H10O8. The number of hydrogen-bond donors (Lipinski definition) is 4. The fourth-order valence-corrected chi connectivity index (χ4v) is 0.954. The third kappa shape index (κ3) is 2.18. The van der Waals surface area contributed by atoms with Gasteiger partial charge in [-0.1, -0.05) is 5.04 Å². The van der Waals surface area contributed by atoms with E-state index < -0.39 is 37.0 Å². The molecule has 1 rings (SSSR count). The van der Waals surface area contributed by atoms with Crippen molar-refractivity contribution in [2.75, 3.05) is 6.61 Å². The third-order valence-corrected chi connectivity index (χ3v) is 1.77. The van der Waals surface area contributed by atoms with Gasteiger partial charge in [0.25, 0.3) is 0 Å². The number of carboxylic acid groups (broad SMARTS) is 1. The van der Waals surface area contributed by atoms with E-state index in [-0.39, 0.29) is 0 Å². The molecule has 0 aromatic rings. The minimum atomic E-state index is -1.76. The molecular weight excluding hydrogens is 200 g/mol. The maximum atomic E-state index is 10.5. The monoisotopic (exact) mass is 210 g/mol. The van der Waals surface area contributed by atoms with E-state index in [4.69, 9.17) is 10.2 Å². The fraction of sp³-hybridized carbons (Fsp3) is 0.833. The third-order valence-electron chi connectivity index (χ3n) is 1.77. The molecule has 0 saturated carbocycles. The smallest absolute Gasteiger partial charge is 0.339 e. The summed E-state index contributed by atoms with van der Waals surface area (Å²) in [6, 6.07) is 0. The molecule has 4 N–H and O–H groups in total. The average Bonchev–Trinajstić information content (AvgIpc) is 2.28. The minimum Gasteiger partial charge on any atom is -0.479 e. The van der Waals surface area contributed by atoms with Crippen molar-refractivity contribution in [3.05, 3.63) is 0 Å². The van der Waals surface area contributed by atoms with Gasteiger partial charge < -0.3 is 20.4 Å². The molecule has 82 valence electrons. The summed E-state index contributed by atoms with van der Waals surface area (Å²) in [6.07, 6.45) is -6.37. The van der Waals surface area contributed by atoms with Gasteiger partial charge in [0.1, 0.15) is 18.3 Å².